The molecule has 1 aliphatic heterocycles. The molecule has 11 nitrogen and oxygen atoms in total. The van der Waals surface area contributed by atoms with Crippen molar-refractivity contribution in [1.29, 1.82) is 0 Å². The molecule has 1 aromatic heterocycles. The van der Waals surface area contributed by atoms with Gasteiger partial charge in [0.25, 0.3) is 0 Å². The predicted octanol–water partition coefficient (Wildman–Crippen LogP) is 1.62. The number of methoxy groups -OCH3 is 1. The third-order valence-electron chi connectivity index (χ3n) is 6.29. The molecule has 4 N–H and O–H groups in total. The average Bonchev–Trinajstić information content (AvgIpc) is 2.88. The smallest absolute Gasteiger partial charge is 0.241 e. The number of ether oxygens (including phenoxy) is 1. The van der Waals surface area contributed by atoms with E-state index in [-0.39, 0.29) is 47.2 Å². The first-order valence-electron chi connectivity index (χ1n) is 12.6. The first-order chi connectivity index (χ1) is 18.1. The zero-order valence-corrected chi connectivity index (χ0v) is 22.9. The summed E-state index contributed by atoms with van der Waals surface area (Å²) in [4.78, 5) is 23.4. The molecule has 0 bridgehead atoms. The van der Waals surface area contributed by atoms with E-state index in [1.807, 2.05) is 13.8 Å². The molecule has 1 fully saturated rings. The first kappa shape index (κ1) is 29.7. The summed E-state index contributed by atoms with van der Waals surface area (Å²) in [6.07, 6.45) is 2.59. The molecule has 210 valence electrons. The van der Waals surface area contributed by atoms with Gasteiger partial charge in [0.2, 0.25) is 21.8 Å². The number of carbonyl (C=O) groups excluding carboxylic acids is 1. The first-order valence-corrected chi connectivity index (χ1v) is 14.2. The van der Waals surface area contributed by atoms with E-state index in [0.29, 0.717) is 51.4 Å². The standard InChI is InChI=1S/C25H37FN6O5S/c1-17(2)15-31(16-33)11-4-12-38(35,36)32(19-7-9-28-10-8-19)25-29-14-21(24(27)30-25)23(34)20-13-18(26)5-6-22(20)37-3/h5-6,13-14,17,19,28,33H,4,7-12,15-16H2,1-3H3,(H2,27,29,30). The molecule has 2 aromatic rings. The van der Waals surface area contributed by atoms with Crippen LogP contribution in [0, 0.1) is 11.7 Å². The molecule has 38 heavy (non-hydrogen) atoms. The third-order valence-corrected chi connectivity index (χ3v) is 8.16. The molecule has 0 spiro atoms. The van der Waals surface area contributed by atoms with Gasteiger partial charge in [0.1, 0.15) is 17.4 Å². The van der Waals surface area contributed by atoms with Gasteiger partial charge < -0.3 is 20.9 Å². The maximum atomic E-state index is 13.8. The predicted molar refractivity (Wildman–Crippen MR) is 143 cm³/mol. The van der Waals surface area contributed by atoms with E-state index in [1.165, 1.54) is 29.7 Å². The van der Waals surface area contributed by atoms with Gasteiger partial charge in [0.15, 0.2) is 0 Å². The molecule has 3 rings (SSSR count). The number of hydrogen-bond acceptors (Lipinski definition) is 10. The van der Waals surface area contributed by atoms with Crippen LogP contribution in [0.25, 0.3) is 0 Å². The highest BCUT2D eigenvalue weighted by Gasteiger charge is 2.34. The van der Waals surface area contributed by atoms with Crippen molar-refractivity contribution >= 4 is 27.6 Å². The van der Waals surface area contributed by atoms with Crippen LogP contribution in [-0.2, 0) is 10.0 Å². The summed E-state index contributed by atoms with van der Waals surface area (Å²) in [5.41, 5.74) is 5.99. The van der Waals surface area contributed by atoms with Gasteiger partial charge in [0, 0.05) is 19.3 Å². The van der Waals surface area contributed by atoms with E-state index in [2.05, 4.69) is 15.3 Å². The summed E-state index contributed by atoms with van der Waals surface area (Å²) in [6, 6.07) is 3.16. The number of nitrogen functional groups attached to an aromatic ring is 1. The van der Waals surface area contributed by atoms with Crippen LogP contribution in [-0.4, -0.2) is 86.0 Å². The Bertz CT molecular complexity index is 1210. The van der Waals surface area contributed by atoms with Gasteiger partial charge >= 0.3 is 0 Å². The number of halogens is 1. The number of ketones is 1. The number of nitrogens with one attached hydrogen (secondary N) is 1. The van der Waals surface area contributed by atoms with Crippen LogP contribution in [0.4, 0.5) is 16.2 Å². The minimum absolute atomic E-state index is 0.0479. The molecule has 0 saturated carbocycles. The summed E-state index contributed by atoms with van der Waals surface area (Å²) in [7, 11) is -2.51. The Hall–Kier alpha value is -2.87. The molecule has 0 aliphatic carbocycles. The van der Waals surface area contributed by atoms with E-state index in [4.69, 9.17) is 10.5 Å². The normalized spacial score (nSPS) is 14.7. The Kier molecular flexibility index (Phi) is 10.4. The number of sulfonamides is 1. The molecule has 0 amide bonds. The number of aromatic nitrogens is 2. The summed E-state index contributed by atoms with van der Waals surface area (Å²) in [5, 5.41) is 12.8. The lowest BCUT2D eigenvalue weighted by molar-refractivity contribution is 0.0963. The molecule has 1 aliphatic rings. The SMILES string of the molecule is COc1ccc(F)cc1C(=O)c1cnc(N(C2CCNCC2)S(=O)(=O)CCCN(CO)CC(C)C)nc1N. The van der Waals surface area contributed by atoms with Crippen molar-refractivity contribution in [3.8, 4) is 5.75 Å². The van der Waals surface area contributed by atoms with Crippen LogP contribution in [0.2, 0.25) is 0 Å². The number of aliphatic hydroxyl groups is 1. The Morgan fingerprint density at radius 2 is 2.00 bits per heavy atom. The lowest BCUT2D eigenvalue weighted by atomic mass is 10.0. The van der Waals surface area contributed by atoms with Crippen molar-refractivity contribution in [2.45, 2.75) is 39.2 Å². The van der Waals surface area contributed by atoms with Gasteiger partial charge in [-0.3, -0.25) is 9.69 Å². The van der Waals surface area contributed by atoms with Crippen LogP contribution < -0.4 is 20.1 Å². The highest BCUT2D eigenvalue weighted by atomic mass is 32.2. The Labute approximate surface area is 223 Å². The van der Waals surface area contributed by atoms with E-state index >= 15 is 0 Å². The van der Waals surface area contributed by atoms with Crippen LogP contribution in [0.5, 0.6) is 5.75 Å². The Morgan fingerprint density at radius 3 is 2.61 bits per heavy atom. The van der Waals surface area contributed by atoms with Crippen molar-refractivity contribution in [3.63, 3.8) is 0 Å². The number of nitrogens with zero attached hydrogens (tertiary/aromatic N) is 4. The molecule has 2 heterocycles. The fourth-order valence-electron chi connectivity index (χ4n) is 4.53. The van der Waals surface area contributed by atoms with Gasteiger partial charge in [-0.15, -0.1) is 0 Å². The number of benzene rings is 1. The van der Waals surface area contributed by atoms with Crippen molar-refractivity contribution in [2.75, 3.05) is 55.8 Å². The second-order valence-electron chi connectivity index (χ2n) is 9.70. The second kappa shape index (κ2) is 13.3. The minimum atomic E-state index is -3.86. The van der Waals surface area contributed by atoms with Gasteiger partial charge in [-0.05, 0) is 56.5 Å². The Balaban J connectivity index is 1.89. The summed E-state index contributed by atoms with van der Waals surface area (Å²) in [5.74, 6) is -1.28. The highest BCUT2D eigenvalue weighted by Crippen LogP contribution is 2.28. The summed E-state index contributed by atoms with van der Waals surface area (Å²) < 4.78 is 47.4. The number of piperidine rings is 1. The van der Waals surface area contributed by atoms with Gasteiger partial charge in [-0.2, -0.15) is 4.98 Å². The fourth-order valence-corrected chi connectivity index (χ4v) is 6.22. The molecule has 13 heteroatoms. The largest absolute Gasteiger partial charge is 0.496 e. The topological polar surface area (TPSA) is 151 Å². The molecule has 1 aromatic carbocycles. The molecular formula is C25H37FN6O5S. The van der Waals surface area contributed by atoms with E-state index in [1.54, 1.807) is 4.90 Å². The number of nitrogens with two attached hydrogens (primary N) is 1. The van der Waals surface area contributed by atoms with Crippen LogP contribution >= 0.6 is 0 Å². The monoisotopic (exact) mass is 552 g/mol. The van der Waals surface area contributed by atoms with E-state index in [9.17, 15) is 22.7 Å². The number of carbonyl (C=O) groups is 1. The number of anilines is 2. The third kappa shape index (κ3) is 7.37. The molecule has 0 atom stereocenters. The van der Waals surface area contributed by atoms with Crippen molar-refractivity contribution in [3.05, 3.63) is 41.3 Å². The van der Waals surface area contributed by atoms with Gasteiger partial charge in [-0.25, -0.2) is 22.1 Å². The quantitative estimate of drug-likeness (QED) is 0.247. The molecule has 0 radical (unpaired) electrons. The highest BCUT2D eigenvalue weighted by molar-refractivity contribution is 7.92. The Morgan fingerprint density at radius 1 is 1.29 bits per heavy atom. The number of rotatable bonds is 13. The average molecular weight is 553 g/mol. The summed E-state index contributed by atoms with van der Waals surface area (Å²) in [6.45, 7) is 6.24. The van der Waals surface area contributed by atoms with Gasteiger partial charge in [0.05, 0.1) is 36.8 Å². The maximum Gasteiger partial charge on any atom is 0.241 e. The van der Waals surface area contributed by atoms with E-state index in [0.717, 1.165) is 6.07 Å². The van der Waals surface area contributed by atoms with Gasteiger partial charge in [-0.1, -0.05) is 13.8 Å². The number of hydrogen-bond donors (Lipinski definition) is 3. The summed E-state index contributed by atoms with van der Waals surface area (Å²) >= 11 is 0. The van der Waals surface area contributed by atoms with Crippen LogP contribution in [0.3, 0.4) is 0 Å². The van der Waals surface area contributed by atoms with Crippen molar-refractivity contribution < 1.29 is 27.4 Å². The zero-order chi connectivity index (χ0) is 27.9. The fraction of sp³-hybridized carbons (Fsp3) is 0.560. The van der Waals surface area contributed by atoms with Crippen LogP contribution in [0.15, 0.2) is 24.4 Å². The van der Waals surface area contributed by atoms with Crippen molar-refractivity contribution in [1.82, 2.24) is 20.2 Å². The molecular weight excluding hydrogens is 515 g/mol. The lowest BCUT2D eigenvalue weighted by Crippen LogP contribution is -2.48. The minimum Gasteiger partial charge on any atom is -0.496 e. The lowest BCUT2D eigenvalue weighted by Gasteiger charge is -2.34. The zero-order valence-electron chi connectivity index (χ0n) is 22.1. The van der Waals surface area contributed by atoms with Crippen molar-refractivity contribution in [2.24, 2.45) is 5.92 Å². The number of aliphatic hydroxyl groups excluding tert-OH is 1. The van der Waals surface area contributed by atoms with Crippen LogP contribution in [0.1, 0.15) is 49.0 Å². The molecule has 1 saturated heterocycles. The second-order valence-corrected chi connectivity index (χ2v) is 11.7. The van der Waals surface area contributed by atoms with E-state index < -0.39 is 21.6 Å². The molecule has 0 unspecified atom stereocenters. The maximum absolute atomic E-state index is 13.8.